The van der Waals surface area contributed by atoms with Crippen molar-refractivity contribution in [2.75, 3.05) is 6.61 Å². The first kappa shape index (κ1) is 11.9. The van der Waals surface area contributed by atoms with E-state index in [1.807, 2.05) is 0 Å². The number of ketones is 1. The van der Waals surface area contributed by atoms with Crippen LogP contribution < -0.4 is 0 Å². The molecule has 5 nitrogen and oxygen atoms in total. The minimum Gasteiger partial charge on any atom is -0.477 e. The number of aryl methyl sites for hydroxylation is 1. The van der Waals surface area contributed by atoms with Gasteiger partial charge in [-0.1, -0.05) is 0 Å². The van der Waals surface area contributed by atoms with E-state index in [-0.39, 0.29) is 17.6 Å². The lowest BCUT2D eigenvalue weighted by Gasteiger charge is -2.06. The SMILES string of the molecule is Cn1cc(C(=O)CC2CCCO2)cc1C(=O)O. The normalized spacial score (nSPS) is 19.5. The first-order valence-electron chi connectivity index (χ1n) is 5.62. The fourth-order valence-electron chi connectivity index (χ4n) is 2.06. The number of carboxylic acids is 1. The van der Waals surface area contributed by atoms with E-state index >= 15 is 0 Å². The molecule has 1 aromatic heterocycles. The van der Waals surface area contributed by atoms with Crippen molar-refractivity contribution in [2.45, 2.75) is 25.4 Å². The van der Waals surface area contributed by atoms with E-state index in [2.05, 4.69) is 0 Å². The Kier molecular flexibility index (Phi) is 3.28. The summed E-state index contributed by atoms with van der Waals surface area (Å²) in [5.41, 5.74) is 0.570. The van der Waals surface area contributed by atoms with Gasteiger partial charge in [-0.05, 0) is 18.9 Å². The lowest BCUT2D eigenvalue weighted by molar-refractivity contribution is 0.0686. The van der Waals surface area contributed by atoms with Crippen molar-refractivity contribution in [3.63, 3.8) is 0 Å². The van der Waals surface area contributed by atoms with E-state index in [0.717, 1.165) is 12.8 Å². The zero-order chi connectivity index (χ0) is 12.4. The molecule has 1 fully saturated rings. The number of carbonyl (C=O) groups excluding carboxylic acids is 1. The molecule has 0 aromatic carbocycles. The molecule has 1 aromatic rings. The van der Waals surface area contributed by atoms with Gasteiger partial charge in [0.25, 0.3) is 0 Å². The van der Waals surface area contributed by atoms with Gasteiger partial charge in [0, 0.05) is 31.8 Å². The highest BCUT2D eigenvalue weighted by Gasteiger charge is 2.21. The average Bonchev–Trinajstić information content (AvgIpc) is 2.86. The summed E-state index contributed by atoms with van der Waals surface area (Å²) in [5.74, 6) is -1.08. The van der Waals surface area contributed by atoms with Crippen LogP contribution in [0.1, 0.15) is 40.1 Å². The van der Waals surface area contributed by atoms with E-state index in [1.54, 1.807) is 13.2 Å². The van der Waals surface area contributed by atoms with Crippen LogP contribution in [0.15, 0.2) is 12.3 Å². The largest absolute Gasteiger partial charge is 0.477 e. The molecule has 0 bridgehead atoms. The molecule has 1 aliphatic rings. The van der Waals surface area contributed by atoms with Crippen molar-refractivity contribution in [3.8, 4) is 0 Å². The number of carbonyl (C=O) groups is 2. The summed E-state index contributed by atoms with van der Waals surface area (Å²) >= 11 is 0. The zero-order valence-electron chi connectivity index (χ0n) is 9.68. The van der Waals surface area contributed by atoms with Gasteiger partial charge >= 0.3 is 5.97 Å². The number of aromatic carboxylic acids is 1. The molecule has 1 aliphatic heterocycles. The van der Waals surface area contributed by atoms with Crippen molar-refractivity contribution < 1.29 is 19.4 Å². The third-order valence-electron chi connectivity index (χ3n) is 2.98. The molecule has 0 radical (unpaired) electrons. The molecule has 17 heavy (non-hydrogen) atoms. The summed E-state index contributed by atoms with van der Waals surface area (Å²) in [6.45, 7) is 0.715. The molecule has 92 valence electrons. The van der Waals surface area contributed by atoms with Crippen LogP contribution in [0.4, 0.5) is 0 Å². The molecular formula is C12H15NO4. The van der Waals surface area contributed by atoms with E-state index in [9.17, 15) is 9.59 Å². The minimum absolute atomic E-state index is 0.00372. The summed E-state index contributed by atoms with van der Waals surface area (Å²) in [6.07, 6.45) is 3.79. The lowest BCUT2D eigenvalue weighted by atomic mass is 10.1. The van der Waals surface area contributed by atoms with Crippen LogP contribution in [0.5, 0.6) is 0 Å². The second kappa shape index (κ2) is 4.71. The Morgan fingerprint density at radius 2 is 2.35 bits per heavy atom. The fraction of sp³-hybridized carbons (Fsp3) is 0.500. The second-order valence-corrected chi connectivity index (χ2v) is 4.29. The number of hydrogen-bond acceptors (Lipinski definition) is 3. The van der Waals surface area contributed by atoms with E-state index in [0.29, 0.717) is 18.6 Å². The molecule has 1 N–H and O–H groups in total. The number of nitrogens with zero attached hydrogens (tertiary/aromatic N) is 1. The van der Waals surface area contributed by atoms with E-state index in [4.69, 9.17) is 9.84 Å². The van der Waals surface area contributed by atoms with Gasteiger partial charge in [-0.2, -0.15) is 0 Å². The summed E-state index contributed by atoms with van der Waals surface area (Å²) < 4.78 is 6.84. The Morgan fingerprint density at radius 1 is 1.59 bits per heavy atom. The van der Waals surface area contributed by atoms with Gasteiger partial charge in [-0.25, -0.2) is 4.79 Å². The van der Waals surface area contributed by atoms with Crippen molar-refractivity contribution in [1.29, 1.82) is 0 Å². The first-order valence-corrected chi connectivity index (χ1v) is 5.62. The highest BCUT2D eigenvalue weighted by Crippen LogP contribution is 2.18. The monoisotopic (exact) mass is 237 g/mol. The summed E-state index contributed by atoms with van der Waals surface area (Å²) in [4.78, 5) is 22.7. The maximum absolute atomic E-state index is 11.9. The van der Waals surface area contributed by atoms with Crippen LogP contribution in [0.25, 0.3) is 0 Å². The van der Waals surface area contributed by atoms with Crippen molar-refractivity contribution >= 4 is 11.8 Å². The number of rotatable bonds is 4. The third-order valence-corrected chi connectivity index (χ3v) is 2.98. The molecule has 1 atom stereocenters. The Balaban J connectivity index is 2.08. The van der Waals surface area contributed by atoms with Gasteiger partial charge in [0.2, 0.25) is 0 Å². The topological polar surface area (TPSA) is 68.5 Å². The summed E-state index contributed by atoms with van der Waals surface area (Å²) in [5, 5.41) is 8.89. The number of carboxylic acid groups (broad SMARTS) is 1. The van der Waals surface area contributed by atoms with Crippen molar-refractivity contribution in [1.82, 2.24) is 4.57 Å². The van der Waals surface area contributed by atoms with E-state index < -0.39 is 5.97 Å². The fourth-order valence-corrected chi connectivity index (χ4v) is 2.06. The smallest absolute Gasteiger partial charge is 0.352 e. The van der Waals surface area contributed by atoms with Crippen LogP contribution in [-0.2, 0) is 11.8 Å². The zero-order valence-corrected chi connectivity index (χ0v) is 9.68. The maximum Gasteiger partial charge on any atom is 0.352 e. The van der Waals surface area contributed by atoms with Gasteiger partial charge in [0.05, 0.1) is 6.10 Å². The summed E-state index contributed by atoms with van der Waals surface area (Å²) in [6, 6.07) is 1.42. The standard InChI is InChI=1S/C12H15NO4/c1-13-7-8(5-10(13)12(15)16)11(14)6-9-3-2-4-17-9/h5,7,9H,2-4,6H2,1H3,(H,15,16). The van der Waals surface area contributed by atoms with Crippen LogP contribution >= 0.6 is 0 Å². The summed E-state index contributed by atoms with van der Waals surface area (Å²) in [7, 11) is 1.62. The molecule has 2 rings (SSSR count). The van der Waals surface area contributed by atoms with Crippen LogP contribution in [0.2, 0.25) is 0 Å². The predicted octanol–water partition coefficient (Wildman–Crippen LogP) is 1.48. The lowest BCUT2D eigenvalue weighted by Crippen LogP contribution is -2.12. The molecule has 0 aliphatic carbocycles. The van der Waals surface area contributed by atoms with Crippen LogP contribution in [0.3, 0.4) is 0 Å². The molecule has 0 amide bonds. The van der Waals surface area contributed by atoms with E-state index in [1.165, 1.54) is 10.6 Å². The van der Waals surface area contributed by atoms with Gasteiger partial charge in [-0.3, -0.25) is 4.79 Å². The number of hydrogen-bond donors (Lipinski definition) is 1. The Morgan fingerprint density at radius 3 is 2.88 bits per heavy atom. The molecule has 1 unspecified atom stereocenters. The maximum atomic E-state index is 11.9. The predicted molar refractivity (Wildman–Crippen MR) is 60.3 cm³/mol. The Hall–Kier alpha value is -1.62. The molecule has 5 heteroatoms. The van der Waals surface area contributed by atoms with Crippen LogP contribution in [0, 0.1) is 0 Å². The Labute approximate surface area is 99.0 Å². The molecule has 2 heterocycles. The first-order chi connectivity index (χ1) is 8.08. The van der Waals surface area contributed by atoms with Gasteiger partial charge in [-0.15, -0.1) is 0 Å². The number of aromatic nitrogens is 1. The van der Waals surface area contributed by atoms with Gasteiger partial charge < -0.3 is 14.4 Å². The highest BCUT2D eigenvalue weighted by atomic mass is 16.5. The molecule has 0 spiro atoms. The quantitative estimate of drug-likeness (QED) is 0.805. The highest BCUT2D eigenvalue weighted by molar-refractivity contribution is 5.99. The minimum atomic E-state index is -1.02. The third kappa shape index (κ3) is 2.55. The number of ether oxygens (including phenoxy) is 1. The molecule has 1 saturated heterocycles. The van der Waals surface area contributed by atoms with Crippen LogP contribution in [-0.4, -0.2) is 34.1 Å². The molecular weight excluding hydrogens is 222 g/mol. The van der Waals surface area contributed by atoms with Crippen molar-refractivity contribution in [3.05, 3.63) is 23.5 Å². The Bertz CT molecular complexity index is 443. The number of Topliss-reactive ketones (excluding diaryl/α,β-unsaturated/α-hetero) is 1. The van der Waals surface area contributed by atoms with Gasteiger partial charge in [0.1, 0.15) is 5.69 Å². The van der Waals surface area contributed by atoms with Gasteiger partial charge in [0.15, 0.2) is 5.78 Å². The second-order valence-electron chi connectivity index (χ2n) is 4.29. The average molecular weight is 237 g/mol. The van der Waals surface area contributed by atoms with Crippen molar-refractivity contribution in [2.24, 2.45) is 7.05 Å². The molecule has 0 saturated carbocycles.